The van der Waals surface area contributed by atoms with Gasteiger partial charge in [-0.1, -0.05) is 13.0 Å². The number of nitrogen functional groups attached to an aromatic ring is 1. The third-order valence-electron chi connectivity index (χ3n) is 3.09. The van der Waals surface area contributed by atoms with Crippen LogP contribution in [0.5, 0.6) is 11.5 Å². The van der Waals surface area contributed by atoms with E-state index in [0.29, 0.717) is 19.0 Å². The van der Waals surface area contributed by atoms with Gasteiger partial charge in [-0.2, -0.15) is 5.10 Å². The molecule has 0 amide bonds. The van der Waals surface area contributed by atoms with E-state index >= 15 is 0 Å². The Bertz CT molecular complexity index is 578. The highest BCUT2D eigenvalue weighted by Crippen LogP contribution is 2.40. The van der Waals surface area contributed by atoms with Gasteiger partial charge in [0.1, 0.15) is 19.0 Å². The zero-order chi connectivity index (χ0) is 12.5. The zero-order valence-electron chi connectivity index (χ0n) is 10.2. The van der Waals surface area contributed by atoms with Gasteiger partial charge in [-0.05, 0) is 18.6 Å². The summed E-state index contributed by atoms with van der Waals surface area (Å²) in [5.74, 6) is 2.08. The van der Waals surface area contributed by atoms with Crippen LogP contribution in [0.4, 0.5) is 5.82 Å². The van der Waals surface area contributed by atoms with Crippen LogP contribution in [0.15, 0.2) is 18.2 Å². The largest absolute Gasteiger partial charge is 0.486 e. The van der Waals surface area contributed by atoms with E-state index in [1.54, 1.807) is 0 Å². The van der Waals surface area contributed by atoms with Crippen molar-refractivity contribution in [1.82, 2.24) is 10.2 Å². The second kappa shape index (κ2) is 4.25. The summed E-state index contributed by atoms with van der Waals surface area (Å²) in [7, 11) is 0. The molecule has 0 unspecified atom stereocenters. The number of aromatic amines is 1. The summed E-state index contributed by atoms with van der Waals surface area (Å²) in [4.78, 5) is 0. The van der Waals surface area contributed by atoms with Crippen molar-refractivity contribution >= 4 is 5.82 Å². The van der Waals surface area contributed by atoms with E-state index in [0.717, 1.165) is 34.7 Å². The predicted molar refractivity (Wildman–Crippen MR) is 68.8 cm³/mol. The van der Waals surface area contributed by atoms with E-state index < -0.39 is 0 Å². The number of hydrogen-bond donors (Lipinski definition) is 2. The Kier molecular flexibility index (Phi) is 2.59. The van der Waals surface area contributed by atoms with Crippen LogP contribution < -0.4 is 15.2 Å². The fourth-order valence-corrected chi connectivity index (χ4v) is 2.23. The van der Waals surface area contributed by atoms with Crippen molar-refractivity contribution < 1.29 is 9.47 Å². The lowest BCUT2D eigenvalue weighted by atomic mass is 10.0. The monoisotopic (exact) mass is 245 g/mol. The Hall–Kier alpha value is -2.17. The molecular formula is C13H15N3O2. The van der Waals surface area contributed by atoms with Crippen molar-refractivity contribution in [2.45, 2.75) is 13.3 Å². The minimum Gasteiger partial charge on any atom is -0.486 e. The van der Waals surface area contributed by atoms with Gasteiger partial charge in [0.05, 0.1) is 5.69 Å². The molecule has 0 fully saturated rings. The first-order valence-electron chi connectivity index (χ1n) is 6.03. The molecule has 0 radical (unpaired) electrons. The SMILES string of the molecule is CCc1c(N)n[nH]c1-c1cccc2c1OCCO2. The van der Waals surface area contributed by atoms with Crippen LogP contribution in [0.1, 0.15) is 12.5 Å². The van der Waals surface area contributed by atoms with E-state index in [-0.39, 0.29) is 0 Å². The van der Waals surface area contributed by atoms with Gasteiger partial charge in [0.15, 0.2) is 11.5 Å². The molecule has 0 aliphatic carbocycles. The van der Waals surface area contributed by atoms with E-state index in [1.807, 2.05) is 18.2 Å². The summed E-state index contributed by atoms with van der Waals surface area (Å²) in [6.07, 6.45) is 0.822. The van der Waals surface area contributed by atoms with E-state index in [2.05, 4.69) is 17.1 Å². The van der Waals surface area contributed by atoms with Crippen LogP contribution in [0, 0.1) is 0 Å². The number of para-hydroxylation sites is 1. The minimum atomic E-state index is 0.543. The van der Waals surface area contributed by atoms with Crippen molar-refractivity contribution in [3.63, 3.8) is 0 Å². The lowest BCUT2D eigenvalue weighted by Gasteiger charge is -2.20. The number of ether oxygens (including phenoxy) is 2. The summed E-state index contributed by atoms with van der Waals surface area (Å²) >= 11 is 0. The number of nitrogens with two attached hydrogens (primary N) is 1. The van der Waals surface area contributed by atoms with Gasteiger partial charge in [0, 0.05) is 11.1 Å². The molecule has 1 aromatic heterocycles. The highest BCUT2D eigenvalue weighted by Gasteiger charge is 2.20. The van der Waals surface area contributed by atoms with Crippen molar-refractivity contribution in [2.75, 3.05) is 18.9 Å². The Labute approximate surface area is 105 Å². The topological polar surface area (TPSA) is 73.2 Å². The van der Waals surface area contributed by atoms with Crippen LogP contribution in [0.2, 0.25) is 0 Å². The molecule has 2 heterocycles. The number of nitrogens with one attached hydrogen (secondary N) is 1. The Morgan fingerprint density at radius 2 is 2.17 bits per heavy atom. The lowest BCUT2D eigenvalue weighted by molar-refractivity contribution is 0.172. The van der Waals surface area contributed by atoms with Gasteiger partial charge in [-0.15, -0.1) is 0 Å². The van der Waals surface area contributed by atoms with Gasteiger partial charge >= 0.3 is 0 Å². The molecule has 0 bridgehead atoms. The summed E-state index contributed by atoms with van der Waals surface area (Å²) in [6.45, 7) is 3.20. The van der Waals surface area contributed by atoms with Crippen LogP contribution >= 0.6 is 0 Å². The molecule has 2 aromatic rings. The molecule has 0 spiro atoms. The number of fused-ring (bicyclic) bond motifs is 1. The molecule has 5 heteroatoms. The van der Waals surface area contributed by atoms with Gasteiger partial charge in [-0.25, -0.2) is 0 Å². The molecular weight excluding hydrogens is 230 g/mol. The first kappa shape index (κ1) is 11.0. The smallest absolute Gasteiger partial charge is 0.170 e. The average molecular weight is 245 g/mol. The average Bonchev–Trinajstić information content (AvgIpc) is 2.79. The molecule has 0 atom stereocenters. The van der Waals surface area contributed by atoms with Crippen molar-refractivity contribution in [3.8, 4) is 22.8 Å². The molecule has 0 saturated heterocycles. The first-order chi connectivity index (χ1) is 8.81. The molecule has 5 nitrogen and oxygen atoms in total. The maximum Gasteiger partial charge on any atom is 0.170 e. The number of benzene rings is 1. The standard InChI is InChI=1S/C13H15N3O2/c1-2-8-11(15-16-13(8)14)9-4-3-5-10-12(9)18-7-6-17-10/h3-5H,2,6-7H2,1H3,(H3,14,15,16). The Balaban J connectivity index is 2.17. The van der Waals surface area contributed by atoms with Crippen LogP contribution in [-0.2, 0) is 6.42 Å². The number of H-pyrrole nitrogens is 1. The van der Waals surface area contributed by atoms with Gasteiger partial charge in [-0.3, -0.25) is 5.10 Å². The molecule has 1 aromatic carbocycles. The maximum absolute atomic E-state index is 5.85. The van der Waals surface area contributed by atoms with Crippen LogP contribution in [0.3, 0.4) is 0 Å². The third-order valence-corrected chi connectivity index (χ3v) is 3.09. The number of nitrogens with zero attached hydrogens (tertiary/aromatic N) is 1. The molecule has 3 N–H and O–H groups in total. The second-order valence-corrected chi connectivity index (χ2v) is 4.15. The summed E-state index contributed by atoms with van der Waals surface area (Å²) in [6, 6.07) is 5.84. The number of rotatable bonds is 2. The number of aromatic nitrogens is 2. The predicted octanol–water partition coefficient (Wildman–Crippen LogP) is 1.99. The fraction of sp³-hybridized carbons (Fsp3) is 0.308. The maximum atomic E-state index is 5.85. The fourth-order valence-electron chi connectivity index (χ4n) is 2.23. The first-order valence-corrected chi connectivity index (χ1v) is 6.03. The van der Waals surface area contributed by atoms with Gasteiger partial charge in [0.2, 0.25) is 0 Å². The second-order valence-electron chi connectivity index (χ2n) is 4.15. The summed E-state index contributed by atoms with van der Waals surface area (Å²) < 4.78 is 11.3. The molecule has 3 rings (SSSR count). The highest BCUT2D eigenvalue weighted by molar-refractivity contribution is 5.76. The summed E-state index contributed by atoms with van der Waals surface area (Å²) in [5.41, 5.74) is 8.73. The number of hydrogen-bond acceptors (Lipinski definition) is 4. The van der Waals surface area contributed by atoms with Crippen LogP contribution in [-0.4, -0.2) is 23.4 Å². The minimum absolute atomic E-state index is 0.543. The van der Waals surface area contributed by atoms with E-state index in [9.17, 15) is 0 Å². The van der Waals surface area contributed by atoms with Gasteiger partial charge in [0.25, 0.3) is 0 Å². The van der Waals surface area contributed by atoms with Crippen molar-refractivity contribution in [2.24, 2.45) is 0 Å². The Morgan fingerprint density at radius 3 is 3.00 bits per heavy atom. The molecule has 1 aliphatic heterocycles. The number of anilines is 1. The molecule has 1 aliphatic rings. The van der Waals surface area contributed by atoms with Crippen molar-refractivity contribution in [1.29, 1.82) is 0 Å². The quantitative estimate of drug-likeness (QED) is 0.848. The molecule has 18 heavy (non-hydrogen) atoms. The van der Waals surface area contributed by atoms with Gasteiger partial charge < -0.3 is 15.2 Å². The molecule has 0 saturated carbocycles. The Morgan fingerprint density at radius 1 is 1.33 bits per heavy atom. The van der Waals surface area contributed by atoms with Crippen LogP contribution in [0.25, 0.3) is 11.3 Å². The van der Waals surface area contributed by atoms with E-state index in [1.165, 1.54) is 0 Å². The third kappa shape index (κ3) is 1.59. The highest BCUT2D eigenvalue weighted by atomic mass is 16.6. The normalized spacial score (nSPS) is 13.6. The van der Waals surface area contributed by atoms with Crippen molar-refractivity contribution in [3.05, 3.63) is 23.8 Å². The zero-order valence-corrected chi connectivity index (χ0v) is 10.2. The molecule has 94 valence electrons. The lowest BCUT2D eigenvalue weighted by Crippen LogP contribution is -2.16. The van der Waals surface area contributed by atoms with E-state index in [4.69, 9.17) is 15.2 Å². The summed E-state index contributed by atoms with van der Waals surface area (Å²) in [5, 5.41) is 7.05.